The number of rotatable bonds is 4. The van der Waals surface area contributed by atoms with Gasteiger partial charge in [0.05, 0.1) is 12.7 Å². The number of hydrogen-bond donors (Lipinski definition) is 0. The predicted octanol–water partition coefficient (Wildman–Crippen LogP) is 3.05. The van der Waals surface area contributed by atoms with Crippen molar-refractivity contribution in [3.05, 3.63) is 29.6 Å². The van der Waals surface area contributed by atoms with Gasteiger partial charge in [0.15, 0.2) is 0 Å². The van der Waals surface area contributed by atoms with E-state index in [0.717, 1.165) is 31.7 Å². The molecule has 0 saturated heterocycles. The molecular weight excluding hydrogens is 285 g/mol. The molecule has 1 aromatic rings. The monoisotopic (exact) mass is 307 g/mol. The first-order valence-electron chi connectivity index (χ1n) is 7.60. The normalized spacial score (nSPS) is 21.3. The second kappa shape index (κ2) is 6.90. The summed E-state index contributed by atoms with van der Waals surface area (Å²) in [4.78, 5) is 26.4. The summed E-state index contributed by atoms with van der Waals surface area (Å²) in [5, 5.41) is 0. The number of nitrogens with zero attached hydrogens (tertiary/aromatic N) is 1. The fourth-order valence-corrected chi connectivity index (χ4v) is 3.16. The Bertz CT molecular complexity index is 573. The Morgan fingerprint density at radius 3 is 2.59 bits per heavy atom. The molecule has 0 unspecified atom stereocenters. The van der Waals surface area contributed by atoms with Gasteiger partial charge in [-0.25, -0.2) is 4.39 Å². The zero-order valence-corrected chi connectivity index (χ0v) is 13.3. The molecule has 1 saturated carbocycles. The van der Waals surface area contributed by atoms with Crippen molar-refractivity contribution in [2.75, 3.05) is 14.2 Å². The minimum Gasteiger partial charge on any atom is -0.496 e. The smallest absolute Gasteiger partial charge is 0.295 e. The van der Waals surface area contributed by atoms with E-state index in [1.807, 2.05) is 0 Å². The summed E-state index contributed by atoms with van der Waals surface area (Å²) in [6.07, 6.45) is 4.17. The second-order valence-corrected chi connectivity index (χ2v) is 5.92. The Kier molecular flexibility index (Phi) is 5.16. The van der Waals surface area contributed by atoms with Crippen molar-refractivity contribution in [2.45, 2.75) is 38.6 Å². The Morgan fingerprint density at radius 2 is 1.95 bits per heavy atom. The summed E-state index contributed by atoms with van der Waals surface area (Å²) in [5.74, 6) is -1.32. The Labute approximate surface area is 130 Å². The van der Waals surface area contributed by atoms with Gasteiger partial charge in [0.2, 0.25) is 0 Å². The number of Topliss-reactive ketones (excluding diaryl/α,β-unsaturated/α-hetero) is 1. The number of amides is 1. The molecular formula is C17H22FNO3. The largest absolute Gasteiger partial charge is 0.496 e. The Hall–Kier alpha value is -1.91. The second-order valence-electron chi connectivity index (χ2n) is 5.92. The van der Waals surface area contributed by atoms with Crippen molar-refractivity contribution >= 4 is 11.7 Å². The molecule has 1 aliphatic rings. The Morgan fingerprint density at radius 1 is 1.27 bits per heavy atom. The van der Waals surface area contributed by atoms with Crippen molar-refractivity contribution in [3.8, 4) is 5.75 Å². The van der Waals surface area contributed by atoms with Crippen molar-refractivity contribution in [3.63, 3.8) is 0 Å². The molecule has 1 amide bonds. The van der Waals surface area contributed by atoms with Gasteiger partial charge in [-0.1, -0.05) is 19.8 Å². The maximum atomic E-state index is 13.4. The van der Waals surface area contributed by atoms with Crippen molar-refractivity contribution in [2.24, 2.45) is 5.92 Å². The van der Waals surface area contributed by atoms with E-state index in [9.17, 15) is 14.0 Å². The van der Waals surface area contributed by atoms with E-state index in [4.69, 9.17) is 4.74 Å². The van der Waals surface area contributed by atoms with E-state index in [1.165, 1.54) is 24.1 Å². The van der Waals surface area contributed by atoms with Gasteiger partial charge in [0.1, 0.15) is 11.6 Å². The maximum Gasteiger partial charge on any atom is 0.295 e. The fourth-order valence-electron chi connectivity index (χ4n) is 3.16. The van der Waals surface area contributed by atoms with E-state index in [-0.39, 0.29) is 17.4 Å². The molecule has 4 nitrogen and oxygen atoms in total. The van der Waals surface area contributed by atoms with E-state index in [0.29, 0.717) is 5.92 Å². The highest BCUT2D eigenvalue weighted by atomic mass is 19.1. The summed E-state index contributed by atoms with van der Waals surface area (Å²) < 4.78 is 18.5. The minimum absolute atomic E-state index is 0.0252. The van der Waals surface area contributed by atoms with Gasteiger partial charge in [-0.2, -0.15) is 0 Å². The minimum atomic E-state index is -0.725. The van der Waals surface area contributed by atoms with E-state index in [1.54, 1.807) is 7.05 Å². The summed E-state index contributed by atoms with van der Waals surface area (Å²) in [6.45, 7) is 2.10. The van der Waals surface area contributed by atoms with Crippen molar-refractivity contribution in [1.29, 1.82) is 0 Å². The fraction of sp³-hybridized carbons (Fsp3) is 0.529. The first kappa shape index (κ1) is 16.5. The number of ketones is 1. The zero-order valence-electron chi connectivity index (χ0n) is 13.3. The van der Waals surface area contributed by atoms with Gasteiger partial charge in [-0.15, -0.1) is 0 Å². The SMILES string of the molecule is COc1ccc(F)cc1C(=O)C(=O)N(C)[C@@H]1CCCC[C@H]1C. The first-order valence-corrected chi connectivity index (χ1v) is 7.60. The number of carbonyl (C=O) groups is 2. The van der Waals surface area contributed by atoms with Crippen molar-refractivity contribution < 1.29 is 18.7 Å². The molecule has 1 aliphatic carbocycles. The lowest BCUT2D eigenvalue weighted by Crippen LogP contribution is -2.45. The molecule has 1 fully saturated rings. The zero-order chi connectivity index (χ0) is 16.3. The molecule has 0 spiro atoms. The number of ether oxygens (including phenoxy) is 1. The number of methoxy groups -OCH3 is 1. The molecule has 22 heavy (non-hydrogen) atoms. The number of halogens is 1. The van der Waals surface area contributed by atoms with Crippen LogP contribution in [0.25, 0.3) is 0 Å². The average molecular weight is 307 g/mol. The molecule has 0 N–H and O–H groups in total. The van der Waals surface area contributed by atoms with Gasteiger partial charge in [0.25, 0.3) is 11.7 Å². The van der Waals surface area contributed by atoms with Gasteiger partial charge in [-0.05, 0) is 37.0 Å². The molecule has 0 bridgehead atoms. The van der Waals surface area contributed by atoms with Crippen molar-refractivity contribution in [1.82, 2.24) is 4.90 Å². The highest BCUT2D eigenvalue weighted by molar-refractivity contribution is 6.43. The van der Waals surface area contributed by atoms with Crippen LogP contribution in [0.15, 0.2) is 18.2 Å². The Balaban J connectivity index is 2.21. The van der Waals surface area contributed by atoms with Crippen LogP contribution in [0.3, 0.4) is 0 Å². The number of hydrogen-bond acceptors (Lipinski definition) is 3. The van der Waals surface area contributed by atoms with Crippen LogP contribution in [0.5, 0.6) is 5.75 Å². The van der Waals surface area contributed by atoms with Crippen LogP contribution in [-0.4, -0.2) is 36.8 Å². The highest BCUT2D eigenvalue weighted by Gasteiger charge is 2.32. The summed E-state index contributed by atoms with van der Waals surface area (Å²) in [7, 11) is 3.04. The molecule has 0 aliphatic heterocycles. The lowest BCUT2D eigenvalue weighted by Gasteiger charge is -2.35. The van der Waals surface area contributed by atoms with E-state index in [2.05, 4.69) is 6.92 Å². The van der Waals surface area contributed by atoms with E-state index >= 15 is 0 Å². The maximum absolute atomic E-state index is 13.4. The molecule has 120 valence electrons. The lowest BCUT2D eigenvalue weighted by molar-refractivity contribution is -0.128. The molecule has 2 rings (SSSR count). The van der Waals surface area contributed by atoms with Crippen LogP contribution in [-0.2, 0) is 4.79 Å². The predicted molar refractivity (Wildman–Crippen MR) is 81.5 cm³/mol. The van der Waals surface area contributed by atoms with Crippen LogP contribution in [0.4, 0.5) is 4.39 Å². The highest BCUT2D eigenvalue weighted by Crippen LogP contribution is 2.28. The van der Waals surface area contributed by atoms with E-state index < -0.39 is 17.5 Å². The van der Waals surface area contributed by atoms with Crippen LogP contribution in [0.1, 0.15) is 43.0 Å². The molecule has 5 heteroatoms. The van der Waals surface area contributed by atoms with Crippen LogP contribution >= 0.6 is 0 Å². The van der Waals surface area contributed by atoms with Gasteiger partial charge in [-0.3, -0.25) is 9.59 Å². The van der Waals surface area contributed by atoms with Crippen LogP contribution in [0, 0.1) is 11.7 Å². The van der Waals surface area contributed by atoms with Crippen LogP contribution in [0.2, 0.25) is 0 Å². The number of benzene rings is 1. The molecule has 0 radical (unpaired) electrons. The quantitative estimate of drug-likeness (QED) is 0.634. The molecule has 0 aromatic heterocycles. The lowest BCUT2D eigenvalue weighted by atomic mass is 9.85. The summed E-state index contributed by atoms with van der Waals surface area (Å²) >= 11 is 0. The van der Waals surface area contributed by atoms with Gasteiger partial charge in [0, 0.05) is 13.1 Å². The average Bonchev–Trinajstić information content (AvgIpc) is 2.53. The van der Waals surface area contributed by atoms with Crippen LogP contribution < -0.4 is 4.74 Å². The molecule has 2 atom stereocenters. The van der Waals surface area contributed by atoms with Gasteiger partial charge < -0.3 is 9.64 Å². The molecule has 1 aromatic carbocycles. The third-order valence-corrected chi connectivity index (χ3v) is 4.48. The number of carbonyl (C=O) groups excluding carboxylic acids is 2. The third kappa shape index (κ3) is 3.29. The molecule has 0 heterocycles. The number of likely N-dealkylation sites (N-methyl/N-ethyl adjacent to an activating group) is 1. The third-order valence-electron chi connectivity index (χ3n) is 4.48. The topological polar surface area (TPSA) is 46.6 Å². The summed E-state index contributed by atoms with van der Waals surface area (Å²) in [6, 6.07) is 3.67. The first-order chi connectivity index (χ1) is 10.5. The van der Waals surface area contributed by atoms with Gasteiger partial charge >= 0.3 is 0 Å². The standard InChI is InChI=1S/C17H22FNO3/c1-11-6-4-5-7-14(11)19(2)17(21)16(20)13-10-12(18)8-9-15(13)22-3/h8-11,14H,4-7H2,1-3H3/t11-,14-/m1/s1. The summed E-state index contributed by atoms with van der Waals surface area (Å²) in [5.41, 5.74) is -0.0252.